The van der Waals surface area contributed by atoms with E-state index in [1.165, 1.54) is 0 Å². The Morgan fingerprint density at radius 1 is 1.21 bits per heavy atom. The molecule has 1 aromatic rings. The molecule has 0 saturated heterocycles. The van der Waals surface area contributed by atoms with Crippen LogP contribution in [-0.2, 0) is 10.0 Å². The molecule has 2 N–H and O–H groups in total. The largest absolute Gasteiger partial charge is 0.390 e. The van der Waals surface area contributed by atoms with E-state index in [1.54, 1.807) is 4.72 Å². The van der Waals surface area contributed by atoms with Gasteiger partial charge in [0, 0.05) is 5.02 Å². The Bertz CT molecular complexity index is 557. The molecule has 0 radical (unpaired) electrons. The molecule has 0 aliphatic heterocycles. The summed E-state index contributed by atoms with van der Waals surface area (Å²) in [4.78, 5) is -0.547. The van der Waals surface area contributed by atoms with Crippen LogP contribution in [0.4, 0.5) is 8.78 Å². The van der Waals surface area contributed by atoms with E-state index in [0.29, 0.717) is 0 Å². The second-order valence-corrected chi connectivity index (χ2v) is 6.49. The molecule has 0 aliphatic rings. The minimum absolute atomic E-state index is 0.106. The van der Waals surface area contributed by atoms with Gasteiger partial charge in [-0.1, -0.05) is 34.8 Å². The maximum Gasteiger partial charge on any atom is 0.283 e. The first-order valence-corrected chi connectivity index (χ1v) is 7.34. The van der Waals surface area contributed by atoms with Crippen LogP contribution >= 0.6 is 34.8 Å². The molecule has 0 bridgehead atoms. The van der Waals surface area contributed by atoms with Gasteiger partial charge in [0.05, 0.1) is 16.6 Å². The Hall–Kier alpha value is -0.180. The lowest BCUT2D eigenvalue weighted by Crippen LogP contribution is -2.39. The highest BCUT2D eigenvalue weighted by Gasteiger charge is 2.31. The van der Waals surface area contributed by atoms with E-state index >= 15 is 0 Å². The molecule has 1 aromatic carbocycles. The molecule has 108 valence electrons. The first-order chi connectivity index (χ1) is 8.59. The second-order valence-electron chi connectivity index (χ2n) is 3.54. The zero-order valence-electron chi connectivity index (χ0n) is 9.13. The number of nitrogens with one attached hydrogen (secondary N) is 1. The van der Waals surface area contributed by atoms with Crippen LogP contribution in [0.25, 0.3) is 0 Å². The van der Waals surface area contributed by atoms with Crippen LogP contribution < -0.4 is 4.72 Å². The number of alkyl halides is 2. The van der Waals surface area contributed by atoms with Crippen LogP contribution in [0.1, 0.15) is 0 Å². The van der Waals surface area contributed by atoms with Gasteiger partial charge in [0.15, 0.2) is 0 Å². The number of hydrogen-bond donors (Lipinski definition) is 2. The summed E-state index contributed by atoms with van der Waals surface area (Å²) in [5.41, 5.74) is 0. The van der Waals surface area contributed by atoms with Crippen LogP contribution in [-0.4, -0.2) is 32.6 Å². The normalized spacial score (nSPS) is 12.7. The van der Waals surface area contributed by atoms with Crippen LogP contribution in [0.2, 0.25) is 15.1 Å². The molecular formula is C9H8Cl3F2NO3S. The Kier molecular flexibility index (Phi) is 5.39. The fourth-order valence-electron chi connectivity index (χ4n) is 1.11. The van der Waals surface area contributed by atoms with Gasteiger partial charge in [0.2, 0.25) is 10.0 Å². The molecule has 0 atom stereocenters. The van der Waals surface area contributed by atoms with Crippen molar-refractivity contribution >= 4 is 44.8 Å². The van der Waals surface area contributed by atoms with Crippen molar-refractivity contribution in [3.05, 3.63) is 27.2 Å². The van der Waals surface area contributed by atoms with Gasteiger partial charge in [-0.05, 0) is 12.1 Å². The standard InChI is InChI=1S/C9H8Cl3F2NO3S/c10-5-1-6(11)8(7(12)2-5)19(17,18)15-3-9(13,14)4-16/h1-2,15-16H,3-4H2. The summed E-state index contributed by atoms with van der Waals surface area (Å²) in [6.07, 6.45) is 0. The number of rotatable bonds is 5. The smallest absolute Gasteiger partial charge is 0.283 e. The zero-order chi connectivity index (χ0) is 14.8. The van der Waals surface area contributed by atoms with E-state index in [-0.39, 0.29) is 15.1 Å². The van der Waals surface area contributed by atoms with Crippen molar-refractivity contribution in [1.29, 1.82) is 0 Å². The monoisotopic (exact) mass is 353 g/mol. The lowest BCUT2D eigenvalue weighted by Gasteiger charge is -2.15. The number of benzene rings is 1. The van der Waals surface area contributed by atoms with Crippen molar-refractivity contribution in [2.45, 2.75) is 10.8 Å². The summed E-state index contributed by atoms with van der Waals surface area (Å²) < 4.78 is 50.8. The minimum Gasteiger partial charge on any atom is -0.390 e. The van der Waals surface area contributed by atoms with E-state index in [9.17, 15) is 17.2 Å². The maximum absolute atomic E-state index is 12.8. The summed E-state index contributed by atoms with van der Waals surface area (Å²) in [6, 6.07) is 2.24. The molecule has 0 aromatic heterocycles. The van der Waals surface area contributed by atoms with Gasteiger partial charge in [-0.25, -0.2) is 21.9 Å². The third-order valence-electron chi connectivity index (χ3n) is 1.98. The third kappa shape index (κ3) is 4.40. The summed E-state index contributed by atoms with van der Waals surface area (Å²) in [5.74, 6) is -3.58. The number of halogens is 5. The maximum atomic E-state index is 12.8. The Balaban J connectivity index is 3.09. The molecule has 0 fully saturated rings. The fourth-order valence-corrected chi connectivity index (χ4v) is 3.72. The number of aliphatic hydroxyl groups is 1. The molecule has 0 saturated carbocycles. The highest BCUT2D eigenvalue weighted by molar-refractivity contribution is 7.89. The summed E-state index contributed by atoms with van der Waals surface area (Å²) in [7, 11) is -4.35. The van der Waals surface area contributed by atoms with Crippen molar-refractivity contribution in [2.24, 2.45) is 0 Å². The first kappa shape index (κ1) is 16.9. The quantitative estimate of drug-likeness (QED) is 0.854. The van der Waals surface area contributed by atoms with Gasteiger partial charge in [-0.2, -0.15) is 0 Å². The zero-order valence-corrected chi connectivity index (χ0v) is 12.2. The highest BCUT2D eigenvalue weighted by atomic mass is 35.5. The number of sulfonamides is 1. The van der Waals surface area contributed by atoms with Crippen LogP contribution in [0.5, 0.6) is 0 Å². The SMILES string of the molecule is O=S(=O)(NCC(F)(F)CO)c1c(Cl)cc(Cl)cc1Cl. The van der Waals surface area contributed by atoms with Crippen LogP contribution in [0.15, 0.2) is 17.0 Å². The molecule has 0 spiro atoms. The van der Waals surface area contributed by atoms with Crippen molar-refractivity contribution in [1.82, 2.24) is 4.72 Å². The average Bonchev–Trinajstić information content (AvgIpc) is 2.25. The molecule has 0 aliphatic carbocycles. The molecule has 0 amide bonds. The lowest BCUT2D eigenvalue weighted by atomic mass is 10.4. The molecule has 1 rings (SSSR count). The first-order valence-electron chi connectivity index (χ1n) is 4.72. The summed E-state index contributed by atoms with van der Waals surface area (Å²) in [5, 5.41) is 7.87. The Morgan fingerprint density at radius 2 is 1.68 bits per heavy atom. The van der Waals surface area contributed by atoms with Crippen molar-refractivity contribution < 1.29 is 22.3 Å². The van der Waals surface area contributed by atoms with E-state index in [0.717, 1.165) is 12.1 Å². The fraction of sp³-hybridized carbons (Fsp3) is 0.333. The van der Waals surface area contributed by atoms with Crippen molar-refractivity contribution in [2.75, 3.05) is 13.2 Å². The Labute approximate surface area is 123 Å². The second kappa shape index (κ2) is 6.07. The van der Waals surface area contributed by atoms with E-state index < -0.39 is 34.0 Å². The van der Waals surface area contributed by atoms with Crippen LogP contribution in [0, 0.1) is 0 Å². The van der Waals surface area contributed by atoms with Gasteiger partial charge in [0.1, 0.15) is 11.5 Å². The van der Waals surface area contributed by atoms with E-state index in [1.807, 2.05) is 0 Å². The molecule has 0 unspecified atom stereocenters. The third-order valence-corrected chi connectivity index (χ3v) is 4.52. The lowest BCUT2D eigenvalue weighted by molar-refractivity contribution is -0.0437. The highest BCUT2D eigenvalue weighted by Crippen LogP contribution is 2.32. The number of aliphatic hydroxyl groups excluding tert-OH is 1. The van der Waals surface area contributed by atoms with Crippen LogP contribution in [0.3, 0.4) is 0 Å². The summed E-state index contributed by atoms with van der Waals surface area (Å²) in [6.45, 7) is -2.77. The molecule has 0 heterocycles. The minimum atomic E-state index is -4.35. The molecule has 19 heavy (non-hydrogen) atoms. The predicted molar refractivity (Wildman–Crippen MR) is 68.7 cm³/mol. The molecule has 4 nitrogen and oxygen atoms in total. The molecule has 10 heteroatoms. The molecular weight excluding hydrogens is 347 g/mol. The predicted octanol–water partition coefficient (Wildman–Crippen LogP) is 2.55. The van der Waals surface area contributed by atoms with Gasteiger partial charge in [-0.15, -0.1) is 0 Å². The van der Waals surface area contributed by atoms with Crippen molar-refractivity contribution in [3.63, 3.8) is 0 Å². The average molecular weight is 355 g/mol. The van der Waals surface area contributed by atoms with Gasteiger partial charge >= 0.3 is 0 Å². The van der Waals surface area contributed by atoms with Gasteiger partial charge < -0.3 is 5.11 Å². The van der Waals surface area contributed by atoms with E-state index in [4.69, 9.17) is 39.9 Å². The Morgan fingerprint density at radius 3 is 2.11 bits per heavy atom. The van der Waals surface area contributed by atoms with Gasteiger partial charge in [-0.3, -0.25) is 0 Å². The topological polar surface area (TPSA) is 66.4 Å². The summed E-state index contributed by atoms with van der Waals surface area (Å²) >= 11 is 17.0. The van der Waals surface area contributed by atoms with E-state index in [2.05, 4.69) is 0 Å². The van der Waals surface area contributed by atoms with Gasteiger partial charge in [0.25, 0.3) is 5.92 Å². The number of hydrogen-bond acceptors (Lipinski definition) is 3. The van der Waals surface area contributed by atoms with Crippen molar-refractivity contribution in [3.8, 4) is 0 Å².